The topological polar surface area (TPSA) is 99.5 Å². The summed E-state index contributed by atoms with van der Waals surface area (Å²) in [6, 6.07) is -0.436. The largest absolute Gasteiger partial charge is 0.480 e. The fourth-order valence-corrected chi connectivity index (χ4v) is 2.27. The Morgan fingerprint density at radius 2 is 1.95 bits per heavy atom. The van der Waals surface area contributed by atoms with Crippen LogP contribution in [-0.4, -0.2) is 91.2 Å². The molecular weight excluding hydrogens is 280 g/mol. The molecule has 8 nitrogen and oxygen atoms in total. The van der Waals surface area contributed by atoms with Crippen LogP contribution in [0.25, 0.3) is 0 Å². The van der Waals surface area contributed by atoms with Gasteiger partial charge in [-0.1, -0.05) is 0 Å². The number of aliphatic carboxylic acids is 1. The number of ether oxygens (including phenoxy) is 2. The van der Waals surface area contributed by atoms with Gasteiger partial charge in [-0.25, -0.2) is 4.79 Å². The number of carbonyl (C=O) groups is 2. The molecule has 122 valence electrons. The van der Waals surface area contributed by atoms with Gasteiger partial charge < -0.3 is 29.5 Å². The third kappa shape index (κ3) is 5.86. The van der Waals surface area contributed by atoms with Gasteiger partial charge in [0.2, 0.25) is 0 Å². The summed E-state index contributed by atoms with van der Waals surface area (Å²) in [6.45, 7) is 1.12. The fourth-order valence-electron chi connectivity index (χ4n) is 2.27. The second-order valence-corrected chi connectivity index (χ2v) is 5.28. The normalized spacial score (nSPS) is 17.3. The lowest BCUT2D eigenvalue weighted by molar-refractivity contribution is -0.137. The Balaban J connectivity index is 2.61. The molecular formula is C13H24N2O6. The lowest BCUT2D eigenvalue weighted by atomic mass is 9.94. The summed E-state index contributed by atoms with van der Waals surface area (Å²) in [7, 11) is 3.04. The van der Waals surface area contributed by atoms with Crippen LogP contribution in [0.2, 0.25) is 0 Å². The average molecular weight is 304 g/mol. The van der Waals surface area contributed by atoms with Crippen LogP contribution in [0, 0.1) is 0 Å². The van der Waals surface area contributed by atoms with E-state index in [0.717, 1.165) is 0 Å². The van der Waals surface area contributed by atoms with Gasteiger partial charge in [0.15, 0.2) is 0 Å². The van der Waals surface area contributed by atoms with Gasteiger partial charge in [-0.2, -0.15) is 0 Å². The minimum absolute atomic E-state index is 0.151. The van der Waals surface area contributed by atoms with Crippen molar-refractivity contribution in [1.29, 1.82) is 0 Å². The van der Waals surface area contributed by atoms with E-state index in [-0.39, 0.29) is 19.7 Å². The molecule has 1 heterocycles. The molecule has 0 unspecified atom stereocenters. The first-order valence-electron chi connectivity index (χ1n) is 6.89. The van der Waals surface area contributed by atoms with Crippen LogP contribution in [0.4, 0.5) is 4.79 Å². The predicted molar refractivity (Wildman–Crippen MR) is 74.1 cm³/mol. The Kier molecular flexibility index (Phi) is 6.86. The monoisotopic (exact) mass is 304 g/mol. The summed E-state index contributed by atoms with van der Waals surface area (Å²) in [6.07, 6.45) is 0.920. The maximum absolute atomic E-state index is 12.3. The first-order chi connectivity index (χ1) is 9.88. The molecule has 2 N–H and O–H groups in total. The summed E-state index contributed by atoms with van der Waals surface area (Å²) in [5.41, 5.74) is -0.973. The number of amides is 2. The smallest absolute Gasteiger partial charge is 0.323 e. The van der Waals surface area contributed by atoms with Crippen molar-refractivity contribution >= 4 is 12.0 Å². The Labute approximate surface area is 124 Å². The second kappa shape index (κ2) is 8.16. The van der Waals surface area contributed by atoms with Crippen molar-refractivity contribution in [3.05, 3.63) is 0 Å². The third-order valence-electron chi connectivity index (χ3n) is 3.44. The van der Waals surface area contributed by atoms with Gasteiger partial charge in [0, 0.05) is 46.8 Å². The number of carbonyl (C=O) groups excluding carboxylic acids is 1. The molecule has 0 bridgehead atoms. The van der Waals surface area contributed by atoms with Crippen molar-refractivity contribution in [3.63, 3.8) is 0 Å². The highest BCUT2D eigenvalue weighted by molar-refractivity contribution is 5.80. The van der Waals surface area contributed by atoms with Crippen LogP contribution in [0.15, 0.2) is 0 Å². The number of nitrogens with zero attached hydrogens (tertiary/aromatic N) is 2. The van der Waals surface area contributed by atoms with Crippen LogP contribution >= 0.6 is 0 Å². The first-order valence-corrected chi connectivity index (χ1v) is 6.89. The van der Waals surface area contributed by atoms with Gasteiger partial charge in [-0.3, -0.25) is 4.79 Å². The van der Waals surface area contributed by atoms with Gasteiger partial charge in [0.1, 0.15) is 6.54 Å². The maximum Gasteiger partial charge on any atom is 0.323 e. The van der Waals surface area contributed by atoms with Crippen molar-refractivity contribution in [3.8, 4) is 0 Å². The van der Waals surface area contributed by atoms with E-state index in [0.29, 0.717) is 26.1 Å². The van der Waals surface area contributed by atoms with Gasteiger partial charge in [-0.15, -0.1) is 0 Å². The van der Waals surface area contributed by atoms with E-state index in [1.807, 2.05) is 0 Å². The van der Waals surface area contributed by atoms with Crippen LogP contribution < -0.4 is 0 Å². The summed E-state index contributed by atoms with van der Waals surface area (Å²) in [4.78, 5) is 25.7. The fraction of sp³-hybridized carbons (Fsp3) is 0.846. The van der Waals surface area contributed by atoms with Gasteiger partial charge in [-0.05, 0) is 0 Å². The number of aliphatic hydroxyl groups is 1. The molecule has 1 saturated heterocycles. The number of carboxylic acid groups (broad SMARTS) is 1. The summed E-state index contributed by atoms with van der Waals surface area (Å²) in [5.74, 6) is -1.09. The van der Waals surface area contributed by atoms with Crippen molar-refractivity contribution < 1.29 is 29.3 Å². The Morgan fingerprint density at radius 1 is 1.33 bits per heavy atom. The molecule has 2 amide bonds. The number of urea groups is 1. The summed E-state index contributed by atoms with van der Waals surface area (Å²) >= 11 is 0. The molecule has 0 aromatic heterocycles. The predicted octanol–water partition coefficient (Wildman–Crippen LogP) is -0.387. The molecule has 1 aliphatic heterocycles. The van der Waals surface area contributed by atoms with Gasteiger partial charge in [0.05, 0.1) is 18.8 Å². The molecule has 0 atom stereocenters. The van der Waals surface area contributed by atoms with Crippen LogP contribution in [-0.2, 0) is 14.3 Å². The molecule has 0 radical (unpaired) electrons. The Morgan fingerprint density at radius 3 is 2.48 bits per heavy atom. The van der Waals surface area contributed by atoms with Crippen LogP contribution in [0.5, 0.6) is 0 Å². The van der Waals surface area contributed by atoms with Crippen molar-refractivity contribution in [2.45, 2.75) is 18.4 Å². The highest BCUT2D eigenvalue weighted by Crippen LogP contribution is 2.21. The second-order valence-electron chi connectivity index (χ2n) is 5.28. The molecule has 1 aliphatic rings. The zero-order valence-corrected chi connectivity index (χ0v) is 12.6. The van der Waals surface area contributed by atoms with Gasteiger partial charge >= 0.3 is 12.0 Å². The van der Waals surface area contributed by atoms with E-state index in [1.54, 1.807) is 7.05 Å². The zero-order valence-electron chi connectivity index (χ0n) is 12.6. The molecule has 0 aliphatic carbocycles. The minimum Gasteiger partial charge on any atom is -0.480 e. The van der Waals surface area contributed by atoms with E-state index in [4.69, 9.17) is 14.6 Å². The molecule has 0 aromatic carbocycles. The zero-order chi connectivity index (χ0) is 15.9. The van der Waals surface area contributed by atoms with Crippen molar-refractivity contribution in [2.24, 2.45) is 0 Å². The number of likely N-dealkylation sites (N-methyl/N-ethyl adjacent to an activating group) is 1. The lowest BCUT2D eigenvalue weighted by Crippen LogP contribution is -2.52. The third-order valence-corrected chi connectivity index (χ3v) is 3.44. The molecule has 21 heavy (non-hydrogen) atoms. The Hall–Kier alpha value is -1.38. The molecule has 1 fully saturated rings. The molecule has 0 spiro atoms. The first kappa shape index (κ1) is 17.7. The number of methoxy groups -OCH3 is 1. The summed E-state index contributed by atoms with van der Waals surface area (Å²) in [5, 5.41) is 19.3. The van der Waals surface area contributed by atoms with E-state index >= 15 is 0 Å². The average Bonchev–Trinajstić information content (AvgIpc) is 2.42. The quantitative estimate of drug-likeness (QED) is 0.665. The van der Waals surface area contributed by atoms with Gasteiger partial charge in [0.25, 0.3) is 0 Å². The highest BCUT2D eigenvalue weighted by Gasteiger charge is 2.33. The minimum atomic E-state index is -1.09. The number of carboxylic acids is 1. The Bertz CT molecular complexity index is 357. The van der Waals surface area contributed by atoms with Crippen molar-refractivity contribution in [1.82, 2.24) is 9.80 Å². The standard InChI is InChI=1S/C13H24N2O6/c1-14(10-13(19)3-6-21-7-4-13)12(18)15(5-8-20-2)9-11(16)17/h19H,3-10H2,1-2H3,(H,16,17). The molecule has 8 heteroatoms. The summed E-state index contributed by atoms with van der Waals surface area (Å²) < 4.78 is 10.1. The van der Waals surface area contributed by atoms with Crippen LogP contribution in [0.3, 0.4) is 0 Å². The van der Waals surface area contributed by atoms with E-state index < -0.39 is 24.1 Å². The number of hydrogen-bond acceptors (Lipinski definition) is 5. The van der Waals surface area contributed by atoms with Crippen LogP contribution in [0.1, 0.15) is 12.8 Å². The molecule has 1 rings (SSSR count). The van der Waals surface area contributed by atoms with Crippen molar-refractivity contribution in [2.75, 3.05) is 53.6 Å². The van der Waals surface area contributed by atoms with E-state index in [2.05, 4.69) is 0 Å². The SMILES string of the molecule is COCCN(CC(=O)O)C(=O)N(C)CC1(O)CCOCC1. The van der Waals surface area contributed by atoms with E-state index in [1.165, 1.54) is 16.9 Å². The molecule has 0 saturated carbocycles. The molecule has 0 aromatic rings. The lowest BCUT2D eigenvalue weighted by Gasteiger charge is -2.37. The van der Waals surface area contributed by atoms with E-state index in [9.17, 15) is 14.7 Å². The maximum atomic E-state index is 12.3. The number of rotatable bonds is 7. The number of hydrogen-bond donors (Lipinski definition) is 2. The highest BCUT2D eigenvalue weighted by atomic mass is 16.5.